The lowest BCUT2D eigenvalue weighted by Crippen LogP contribution is -2.38. The lowest BCUT2D eigenvalue weighted by atomic mass is 10.1. The molecule has 15 heavy (non-hydrogen) atoms. The molecule has 0 heterocycles. The molecule has 1 amide bonds. The predicted octanol–water partition coefficient (Wildman–Crippen LogP) is 1.05. The molecule has 90 valence electrons. The maximum atomic E-state index is 11.4. The van der Waals surface area contributed by atoms with Crippen LogP contribution in [0.2, 0.25) is 0 Å². The number of nitrogens with two attached hydrogens (primary N) is 1. The first-order valence-corrected chi connectivity index (χ1v) is 5.73. The van der Waals surface area contributed by atoms with Crippen LogP contribution in [-0.4, -0.2) is 32.2 Å². The summed E-state index contributed by atoms with van der Waals surface area (Å²) in [5, 5.41) is 2.97. The van der Waals surface area contributed by atoms with Gasteiger partial charge in [-0.3, -0.25) is 4.79 Å². The zero-order chi connectivity index (χ0) is 11.5. The maximum Gasteiger partial charge on any atom is 0.220 e. The molecule has 0 saturated heterocycles. The van der Waals surface area contributed by atoms with Crippen molar-refractivity contribution in [1.29, 1.82) is 0 Å². The van der Waals surface area contributed by atoms with Crippen molar-refractivity contribution >= 4 is 5.91 Å². The molecule has 4 nitrogen and oxygen atoms in total. The highest BCUT2D eigenvalue weighted by molar-refractivity contribution is 5.76. The number of amides is 1. The van der Waals surface area contributed by atoms with Gasteiger partial charge in [-0.1, -0.05) is 19.8 Å². The van der Waals surface area contributed by atoms with Gasteiger partial charge in [-0.25, -0.2) is 0 Å². The summed E-state index contributed by atoms with van der Waals surface area (Å²) in [4.78, 5) is 11.4. The highest BCUT2D eigenvalue weighted by Crippen LogP contribution is 2.01. The van der Waals surface area contributed by atoms with Crippen molar-refractivity contribution in [1.82, 2.24) is 5.32 Å². The molecule has 0 aliphatic heterocycles. The highest BCUT2D eigenvalue weighted by Gasteiger charge is 2.10. The zero-order valence-corrected chi connectivity index (χ0v) is 9.92. The third-order valence-electron chi connectivity index (χ3n) is 2.25. The molecule has 3 N–H and O–H groups in total. The van der Waals surface area contributed by atoms with E-state index in [0.29, 0.717) is 19.6 Å². The normalized spacial score (nSPS) is 12.5. The number of nitrogens with one attached hydrogen (secondary N) is 1. The molecular formula is C11H24N2O2. The summed E-state index contributed by atoms with van der Waals surface area (Å²) in [5.41, 5.74) is 5.34. The Morgan fingerprint density at radius 1 is 1.47 bits per heavy atom. The molecule has 1 unspecified atom stereocenters. The molecule has 1 atom stereocenters. The standard InChI is InChI=1S/C11H24N2O2/c1-3-4-6-10(9-15-2)13-11(14)7-5-8-12/h10H,3-9,12H2,1-2H3,(H,13,14). The van der Waals surface area contributed by atoms with Gasteiger partial charge in [-0.05, 0) is 19.4 Å². The van der Waals surface area contributed by atoms with Crippen LogP contribution in [-0.2, 0) is 9.53 Å². The van der Waals surface area contributed by atoms with E-state index in [9.17, 15) is 4.79 Å². The third kappa shape index (κ3) is 8.39. The van der Waals surface area contributed by atoms with Gasteiger partial charge in [0.15, 0.2) is 0 Å². The Balaban J connectivity index is 3.76. The van der Waals surface area contributed by atoms with Crippen molar-refractivity contribution in [2.24, 2.45) is 5.73 Å². The maximum absolute atomic E-state index is 11.4. The zero-order valence-electron chi connectivity index (χ0n) is 9.92. The molecule has 0 bridgehead atoms. The van der Waals surface area contributed by atoms with Gasteiger partial charge in [0.05, 0.1) is 12.6 Å². The molecule has 0 aliphatic carbocycles. The highest BCUT2D eigenvalue weighted by atomic mass is 16.5. The lowest BCUT2D eigenvalue weighted by Gasteiger charge is -2.17. The topological polar surface area (TPSA) is 64.3 Å². The Bertz CT molecular complexity index is 163. The van der Waals surface area contributed by atoms with Gasteiger partial charge in [0.25, 0.3) is 0 Å². The average Bonchev–Trinajstić information content (AvgIpc) is 2.23. The number of ether oxygens (including phenoxy) is 1. The summed E-state index contributed by atoms with van der Waals surface area (Å²) in [6, 6.07) is 0.153. The van der Waals surface area contributed by atoms with Gasteiger partial charge in [0.2, 0.25) is 5.91 Å². The molecular weight excluding hydrogens is 192 g/mol. The molecule has 0 aromatic rings. The van der Waals surface area contributed by atoms with E-state index < -0.39 is 0 Å². The molecule has 0 radical (unpaired) electrons. The van der Waals surface area contributed by atoms with Gasteiger partial charge in [0, 0.05) is 13.5 Å². The summed E-state index contributed by atoms with van der Waals surface area (Å²) in [6.45, 7) is 3.30. The minimum Gasteiger partial charge on any atom is -0.383 e. The fraction of sp³-hybridized carbons (Fsp3) is 0.909. The van der Waals surface area contributed by atoms with Crippen LogP contribution in [0.25, 0.3) is 0 Å². The van der Waals surface area contributed by atoms with E-state index in [0.717, 1.165) is 25.7 Å². The number of carbonyl (C=O) groups is 1. The number of carbonyl (C=O) groups excluding carboxylic acids is 1. The van der Waals surface area contributed by atoms with Crippen molar-refractivity contribution in [2.45, 2.75) is 45.1 Å². The van der Waals surface area contributed by atoms with Gasteiger partial charge in [-0.2, -0.15) is 0 Å². The van der Waals surface area contributed by atoms with Crippen LogP contribution in [0, 0.1) is 0 Å². The number of hydrogen-bond acceptors (Lipinski definition) is 3. The molecule has 4 heteroatoms. The monoisotopic (exact) mass is 216 g/mol. The summed E-state index contributed by atoms with van der Waals surface area (Å²) in [5.74, 6) is 0.0820. The van der Waals surface area contributed by atoms with Crippen LogP contribution in [0.5, 0.6) is 0 Å². The molecule has 0 rings (SSSR count). The number of methoxy groups -OCH3 is 1. The minimum atomic E-state index is 0.0820. The van der Waals surface area contributed by atoms with E-state index in [1.54, 1.807) is 7.11 Å². The summed E-state index contributed by atoms with van der Waals surface area (Å²) in [7, 11) is 1.66. The molecule has 0 spiro atoms. The quantitative estimate of drug-likeness (QED) is 0.605. The van der Waals surface area contributed by atoms with E-state index in [4.69, 9.17) is 10.5 Å². The lowest BCUT2D eigenvalue weighted by molar-refractivity contribution is -0.122. The van der Waals surface area contributed by atoms with Crippen LogP contribution < -0.4 is 11.1 Å². The Morgan fingerprint density at radius 3 is 2.73 bits per heavy atom. The Morgan fingerprint density at radius 2 is 2.20 bits per heavy atom. The van der Waals surface area contributed by atoms with Crippen molar-refractivity contribution in [3.8, 4) is 0 Å². The fourth-order valence-electron chi connectivity index (χ4n) is 1.41. The van der Waals surface area contributed by atoms with Crippen molar-refractivity contribution < 1.29 is 9.53 Å². The summed E-state index contributed by atoms with van der Waals surface area (Å²) < 4.78 is 5.07. The second-order valence-electron chi connectivity index (χ2n) is 3.75. The van der Waals surface area contributed by atoms with Crippen LogP contribution in [0.4, 0.5) is 0 Å². The van der Waals surface area contributed by atoms with Crippen molar-refractivity contribution in [3.63, 3.8) is 0 Å². The molecule has 0 aromatic heterocycles. The van der Waals surface area contributed by atoms with Crippen molar-refractivity contribution in [2.75, 3.05) is 20.3 Å². The van der Waals surface area contributed by atoms with Crippen LogP contribution in [0.15, 0.2) is 0 Å². The Kier molecular flexibility index (Phi) is 9.52. The second-order valence-corrected chi connectivity index (χ2v) is 3.75. The first-order chi connectivity index (χ1) is 7.24. The SMILES string of the molecule is CCCCC(COC)NC(=O)CCCN. The van der Waals surface area contributed by atoms with Gasteiger partial charge in [0.1, 0.15) is 0 Å². The number of hydrogen-bond donors (Lipinski definition) is 2. The first kappa shape index (κ1) is 14.4. The largest absolute Gasteiger partial charge is 0.383 e. The van der Waals surface area contributed by atoms with E-state index in [1.807, 2.05) is 0 Å². The molecule has 0 fully saturated rings. The Labute approximate surface area is 92.6 Å². The van der Waals surface area contributed by atoms with E-state index in [1.165, 1.54) is 0 Å². The smallest absolute Gasteiger partial charge is 0.220 e. The second kappa shape index (κ2) is 9.93. The van der Waals surface area contributed by atoms with Gasteiger partial charge in [-0.15, -0.1) is 0 Å². The molecule has 0 saturated carbocycles. The summed E-state index contributed by atoms with van der Waals surface area (Å²) >= 11 is 0. The molecule has 0 aromatic carbocycles. The van der Waals surface area contributed by atoms with Crippen LogP contribution in [0.3, 0.4) is 0 Å². The third-order valence-corrected chi connectivity index (χ3v) is 2.25. The van der Waals surface area contributed by atoms with E-state index in [-0.39, 0.29) is 11.9 Å². The number of rotatable bonds is 9. The van der Waals surface area contributed by atoms with Crippen LogP contribution >= 0.6 is 0 Å². The predicted molar refractivity (Wildman–Crippen MR) is 61.6 cm³/mol. The number of unbranched alkanes of at least 4 members (excludes halogenated alkanes) is 1. The molecule has 0 aliphatic rings. The fourth-order valence-corrected chi connectivity index (χ4v) is 1.41. The Hall–Kier alpha value is -0.610. The van der Waals surface area contributed by atoms with Gasteiger partial charge < -0.3 is 15.8 Å². The summed E-state index contributed by atoms with van der Waals surface area (Å²) in [6.07, 6.45) is 4.50. The van der Waals surface area contributed by atoms with E-state index in [2.05, 4.69) is 12.2 Å². The minimum absolute atomic E-state index is 0.0820. The van der Waals surface area contributed by atoms with Gasteiger partial charge >= 0.3 is 0 Å². The first-order valence-electron chi connectivity index (χ1n) is 5.73. The van der Waals surface area contributed by atoms with Crippen molar-refractivity contribution in [3.05, 3.63) is 0 Å². The average molecular weight is 216 g/mol. The van der Waals surface area contributed by atoms with E-state index >= 15 is 0 Å². The van der Waals surface area contributed by atoms with Crippen LogP contribution in [0.1, 0.15) is 39.0 Å².